The maximum absolute atomic E-state index is 4.61. The van der Waals surface area contributed by atoms with E-state index in [1.807, 2.05) is 13.0 Å². The molecule has 22 heavy (non-hydrogen) atoms. The molecule has 0 saturated carbocycles. The molecule has 5 heteroatoms. The Balaban J connectivity index is 1.77. The number of guanidine groups is 1. The van der Waals surface area contributed by atoms with Gasteiger partial charge in [0, 0.05) is 31.4 Å². The first kappa shape index (κ1) is 16.5. The maximum Gasteiger partial charge on any atom is 0.191 e. The Morgan fingerprint density at radius 2 is 2.00 bits per heavy atom. The summed E-state index contributed by atoms with van der Waals surface area (Å²) in [6.45, 7) is 6.62. The number of nitrogens with zero attached hydrogens (tertiary/aromatic N) is 2. The molecule has 1 heterocycles. The van der Waals surface area contributed by atoms with Gasteiger partial charge in [-0.1, -0.05) is 30.3 Å². The van der Waals surface area contributed by atoms with E-state index in [1.54, 1.807) is 11.3 Å². The molecule has 1 aromatic heterocycles. The highest BCUT2D eigenvalue weighted by Gasteiger charge is 2.00. The highest BCUT2D eigenvalue weighted by molar-refractivity contribution is 7.09. The summed E-state index contributed by atoms with van der Waals surface area (Å²) in [7, 11) is 0. The molecule has 4 nitrogen and oxygen atoms in total. The van der Waals surface area contributed by atoms with Crippen molar-refractivity contribution in [1.29, 1.82) is 0 Å². The second-order valence-corrected chi connectivity index (χ2v) is 6.09. The third kappa shape index (κ3) is 5.85. The lowest BCUT2D eigenvalue weighted by atomic mass is 10.1. The minimum Gasteiger partial charge on any atom is -0.357 e. The number of nitrogens with one attached hydrogen (secondary N) is 2. The van der Waals surface area contributed by atoms with E-state index in [2.05, 4.69) is 57.2 Å². The predicted octanol–water partition coefficient (Wildman–Crippen LogP) is 2.79. The first-order valence-corrected chi connectivity index (χ1v) is 8.63. The van der Waals surface area contributed by atoms with Gasteiger partial charge in [0.25, 0.3) is 0 Å². The molecule has 0 spiro atoms. The highest BCUT2D eigenvalue weighted by Crippen LogP contribution is 2.08. The molecule has 2 aromatic rings. The van der Waals surface area contributed by atoms with Crippen LogP contribution in [0.5, 0.6) is 0 Å². The van der Waals surface area contributed by atoms with Gasteiger partial charge in [-0.3, -0.25) is 4.99 Å². The molecule has 0 aliphatic carbocycles. The minimum atomic E-state index is 0.754. The van der Waals surface area contributed by atoms with Crippen LogP contribution in [0.25, 0.3) is 0 Å². The van der Waals surface area contributed by atoms with Crippen LogP contribution >= 0.6 is 11.3 Å². The van der Waals surface area contributed by atoms with Crippen molar-refractivity contribution in [2.24, 2.45) is 4.99 Å². The molecule has 0 atom stereocenters. The van der Waals surface area contributed by atoms with E-state index in [9.17, 15) is 0 Å². The summed E-state index contributed by atoms with van der Waals surface area (Å²) in [5.41, 5.74) is 2.47. The second kappa shape index (κ2) is 9.20. The molecule has 118 valence electrons. The van der Waals surface area contributed by atoms with Gasteiger partial charge in [0.1, 0.15) is 0 Å². The number of hydrogen-bond acceptors (Lipinski definition) is 3. The number of benzene rings is 1. The van der Waals surface area contributed by atoms with Gasteiger partial charge >= 0.3 is 0 Å². The van der Waals surface area contributed by atoms with Gasteiger partial charge < -0.3 is 10.6 Å². The Labute approximate surface area is 136 Å². The highest BCUT2D eigenvalue weighted by atomic mass is 32.1. The largest absolute Gasteiger partial charge is 0.357 e. The third-order valence-corrected chi connectivity index (χ3v) is 4.02. The van der Waals surface area contributed by atoms with Crippen LogP contribution in [0.1, 0.15) is 23.2 Å². The van der Waals surface area contributed by atoms with Crippen molar-refractivity contribution in [3.8, 4) is 0 Å². The fourth-order valence-electron chi connectivity index (χ4n) is 2.12. The molecule has 2 N–H and O–H groups in total. The molecule has 0 radical (unpaired) electrons. The van der Waals surface area contributed by atoms with Gasteiger partial charge in [-0.05, 0) is 25.8 Å². The average Bonchev–Trinajstić information content (AvgIpc) is 2.94. The lowest BCUT2D eigenvalue weighted by molar-refractivity contribution is 0.795. The van der Waals surface area contributed by atoms with Crippen LogP contribution in [-0.2, 0) is 12.8 Å². The van der Waals surface area contributed by atoms with Gasteiger partial charge in [0.2, 0.25) is 0 Å². The molecule has 0 aliphatic heterocycles. The molecule has 0 amide bonds. The zero-order valence-corrected chi connectivity index (χ0v) is 14.1. The zero-order chi connectivity index (χ0) is 15.6. The molecule has 0 saturated heterocycles. The lowest BCUT2D eigenvalue weighted by Gasteiger charge is -2.11. The van der Waals surface area contributed by atoms with Crippen LogP contribution in [0.15, 0.2) is 40.7 Å². The molecule has 2 rings (SSSR count). The van der Waals surface area contributed by atoms with Crippen LogP contribution in [0.2, 0.25) is 0 Å². The first-order valence-electron chi connectivity index (χ1n) is 7.75. The molecule has 0 aliphatic rings. The average molecular weight is 316 g/mol. The number of rotatable bonds is 7. The number of aliphatic imine (C=N–C) groups is 1. The second-order valence-electron chi connectivity index (χ2n) is 5.03. The Morgan fingerprint density at radius 1 is 1.18 bits per heavy atom. The van der Waals surface area contributed by atoms with Crippen LogP contribution in [0, 0.1) is 6.92 Å². The third-order valence-electron chi connectivity index (χ3n) is 3.20. The number of thiazole rings is 1. The van der Waals surface area contributed by atoms with E-state index in [-0.39, 0.29) is 0 Å². The van der Waals surface area contributed by atoms with Gasteiger partial charge in [0.05, 0.1) is 10.7 Å². The molecule has 0 fully saturated rings. The van der Waals surface area contributed by atoms with Gasteiger partial charge in [-0.2, -0.15) is 0 Å². The molecule has 0 unspecified atom stereocenters. The standard InChI is InChI=1S/C17H24N4S/c1-3-18-17(19-11-9-15-7-5-4-6-8-15)20-12-10-16-13-22-14(2)21-16/h4-8,13H,3,9-12H2,1-2H3,(H2,18,19,20). The van der Waals surface area contributed by atoms with Crippen LogP contribution in [0.3, 0.4) is 0 Å². The number of aryl methyl sites for hydroxylation is 1. The van der Waals surface area contributed by atoms with Crippen molar-refractivity contribution < 1.29 is 0 Å². The Morgan fingerprint density at radius 3 is 2.68 bits per heavy atom. The summed E-state index contributed by atoms with van der Waals surface area (Å²) in [6.07, 6.45) is 1.89. The van der Waals surface area contributed by atoms with E-state index in [0.29, 0.717) is 0 Å². The SMILES string of the molecule is CCNC(=NCCc1csc(C)n1)NCCc1ccccc1. The summed E-state index contributed by atoms with van der Waals surface area (Å²) in [6, 6.07) is 10.5. The fraction of sp³-hybridized carbons (Fsp3) is 0.412. The predicted molar refractivity (Wildman–Crippen MR) is 94.7 cm³/mol. The van der Waals surface area contributed by atoms with E-state index in [4.69, 9.17) is 0 Å². The van der Waals surface area contributed by atoms with Gasteiger partial charge in [-0.25, -0.2) is 4.98 Å². The number of hydrogen-bond donors (Lipinski definition) is 2. The normalized spacial score (nSPS) is 11.5. The van der Waals surface area contributed by atoms with E-state index >= 15 is 0 Å². The first-order chi connectivity index (χ1) is 10.8. The van der Waals surface area contributed by atoms with E-state index in [1.165, 1.54) is 5.56 Å². The van der Waals surface area contributed by atoms with E-state index in [0.717, 1.165) is 49.1 Å². The maximum atomic E-state index is 4.61. The minimum absolute atomic E-state index is 0.754. The summed E-state index contributed by atoms with van der Waals surface area (Å²) in [5, 5.41) is 9.89. The molecular weight excluding hydrogens is 292 g/mol. The van der Waals surface area contributed by atoms with Crippen molar-refractivity contribution in [3.05, 3.63) is 52.0 Å². The van der Waals surface area contributed by atoms with Crippen molar-refractivity contribution in [2.45, 2.75) is 26.7 Å². The summed E-state index contributed by atoms with van der Waals surface area (Å²) < 4.78 is 0. The summed E-state index contributed by atoms with van der Waals surface area (Å²) in [5.74, 6) is 0.880. The van der Waals surface area contributed by atoms with Crippen LogP contribution in [-0.4, -0.2) is 30.6 Å². The Kier molecular flexibility index (Phi) is 6.90. The van der Waals surface area contributed by atoms with Gasteiger partial charge in [-0.15, -0.1) is 11.3 Å². The monoisotopic (exact) mass is 316 g/mol. The Bertz CT molecular complexity index is 577. The quantitative estimate of drug-likeness (QED) is 0.610. The summed E-state index contributed by atoms with van der Waals surface area (Å²) in [4.78, 5) is 9.07. The zero-order valence-electron chi connectivity index (χ0n) is 13.3. The fourth-order valence-corrected chi connectivity index (χ4v) is 2.76. The number of aromatic nitrogens is 1. The van der Waals surface area contributed by atoms with Crippen molar-refractivity contribution in [2.75, 3.05) is 19.6 Å². The van der Waals surface area contributed by atoms with Crippen molar-refractivity contribution in [1.82, 2.24) is 15.6 Å². The lowest BCUT2D eigenvalue weighted by Crippen LogP contribution is -2.38. The molecule has 0 bridgehead atoms. The smallest absolute Gasteiger partial charge is 0.191 e. The topological polar surface area (TPSA) is 49.3 Å². The van der Waals surface area contributed by atoms with Crippen molar-refractivity contribution in [3.63, 3.8) is 0 Å². The Hall–Kier alpha value is -1.88. The van der Waals surface area contributed by atoms with Crippen LogP contribution < -0.4 is 10.6 Å². The molecule has 1 aromatic carbocycles. The molecular formula is C17H24N4S. The van der Waals surface area contributed by atoms with E-state index < -0.39 is 0 Å². The van der Waals surface area contributed by atoms with Crippen LogP contribution in [0.4, 0.5) is 0 Å². The summed E-state index contributed by atoms with van der Waals surface area (Å²) >= 11 is 1.69. The van der Waals surface area contributed by atoms with Crippen molar-refractivity contribution >= 4 is 17.3 Å². The van der Waals surface area contributed by atoms with Gasteiger partial charge in [0.15, 0.2) is 5.96 Å².